The fourth-order valence-electron chi connectivity index (χ4n) is 1.38. The van der Waals surface area contributed by atoms with E-state index in [0.29, 0.717) is 6.42 Å². The molecule has 1 aromatic rings. The minimum Gasteiger partial charge on any atom is -0.394 e. The van der Waals surface area contributed by atoms with Crippen molar-refractivity contribution in [2.45, 2.75) is 25.8 Å². The average molecular weight is 300 g/mol. The number of benzene rings is 1. The predicted octanol–water partition coefficient (Wildman–Crippen LogP) is 2.22. The Balaban J connectivity index is 2.73. The lowest BCUT2D eigenvalue weighted by Gasteiger charge is -2.34. The summed E-state index contributed by atoms with van der Waals surface area (Å²) in [6.45, 7) is 3.63. The van der Waals surface area contributed by atoms with Gasteiger partial charge >= 0.3 is 0 Å². The first kappa shape index (κ1) is 14.2. The molecule has 3 nitrogen and oxygen atoms in total. The maximum Gasteiger partial charge on any atom is 0.227 e. The first-order chi connectivity index (χ1) is 7.86. The lowest BCUT2D eigenvalue weighted by Crippen LogP contribution is -2.48. The van der Waals surface area contributed by atoms with Gasteiger partial charge in [-0.05, 0) is 31.5 Å². The molecular formula is C13H18BrNO2. The van der Waals surface area contributed by atoms with E-state index < -0.39 is 5.54 Å². The Hall–Kier alpha value is -0.870. The third-order valence-electron chi connectivity index (χ3n) is 2.91. The molecule has 0 radical (unpaired) electrons. The predicted molar refractivity (Wildman–Crippen MR) is 71.8 cm³/mol. The van der Waals surface area contributed by atoms with Crippen LogP contribution in [0.4, 0.5) is 0 Å². The van der Waals surface area contributed by atoms with Crippen molar-refractivity contribution in [2.75, 3.05) is 13.7 Å². The molecule has 0 spiro atoms. The minimum absolute atomic E-state index is 0.00199. The van der Waals surface area contributed by atoms with Crippen molar-refractivity contribution < 1.29 is 9.90 Å². The Labute approximate surface area is 111 Å². The average Bonchev–Trinajstić information content (AvgIpc) is 2.28. The van der Waals surface area contributed by atoms with Crippen molar-refractivity contribution in [1.29, 1.82) is 0 Å². The van der Waals surface area contributed by atoms with Gasteiger partial charge in [0.1, 0.15) is 0 Å². The molecule has 1 amide bonds. The molecule has 0 aliphatic carbocycles. The molecule has 0 saturated carbocycles. The van der Waals surface area contributed by atoms with Crippen LogP contribution in [-0.2, 0) is 11.2 Å². The summed E-state index contributed by atoms with van der Waals surface area (Å²) in [5.41, 5.74) is 0.438. The third kappa shape index (κ3) is 3.82. The highest BCUT2D eigenvalue weighted by atomic mass is 79.9. The molecule has 0 atom stereocenters. The van der Waals surface area contributed by atoms with E-state index in [1.54, 1.807) is 11.9 Å². The van der Waals surface area contributed by atoms with Crippen LogP contribution in [0.1, 0.15) is 19.4 Å². The zero-order valence-electron chi connectivity index (χ0n) is 10.4. The van der Waals surface area contributed by atoms with Crippen LogP contribution >= 0.6 is 15.9 Å². The number of hydrogen-bond acceptors (Lipinski definition) is 2. The van der Waals surface area contributed by atoms with Gasteiger partial charge < -0.3 is 10.0 Å². The highest BCUT2D eigenvalue weighted by molar-refractivity contribution is 9.10. The zero-order chi connectivity index (χ0) is 13.1. The molecule has 0 unspecified atom stereocenters. The molecule has 1 rings (SSSR count). The van der Waals surface area contributed by atoms with Crippen molar-refractivity contribution in [3.63, 3.8) is 0 Å². The molecule has 0 aromatic heterocycles. The smallest absolute Gasteiger partial charge is 0.227 e. The third-order valence-corrected chi connectivity index (χ3v) is 3.41. The van der Waals surface area contributed by atoms with Crippen molar-refractivity contribution in [3.05, 3.63) is 34.3 Å². The van der Waals surface area contributed by atoms with Crippen molar-refractivity contribution in [2.24, 2.45) is 0 Å². The standard InChI is InChI=1S/C13H18BrNO2/c1-13(2,9-16)15(3)12(17)8-10-5-4-6-11(14)7-10/h4-7,16H,8-9H2,1-3H3. The molecule has 0 aliphatic rings. The number of hydrogen-bond donors (Lipinski definition) is 1. The summed E-state index contributed by atoms with van der Waals surface area (Å²) >= 11 is 3.38. The van der Waals surface area contributed by atoms with Crippen molar-refractivity contribution >= 4 is 21.8 Å². The molecular weight excluding hydrogens is 282 g/mol. The molecule has 0 heterocycles. The number of carbonyl (C=O) groups is 1. The fourth-order valence-corrected chi connectivity index (χ4v) is 1.83. The summed E-state index contributed by atoms with van der Waals surface area (Å²) in [4.78, 5) is 13.6. The number of rotatable bonds is 4. The number of aliphatic hydroxyl groups excluding tert-OH is 1. The summed E-state index contributed by atoms with van der Waals surface area (Å²) in [6, 6.07) is 7.68. The Morgan fingerprint density at radius 2 is 2.12 bits per heavy atom. The quantitative estimate of drug-likeness (QED) is 0.926. The van der Waals surface area contributed by atoms with E-state index in [-0.39, 0.29) is 12.5 Å². The van der Waals surface area contributed by atoms with Gasteiger partial charge in [0.15, 0.2) is 0 Å². The number of likely N-dealkylation sites (N-methyl/N-ethyl adjacent to an activating group) is 1. The Bertz CT molecular complexity index is 404. The van der Waals surface area contributed by atoms with Gasteiger partial charge in [0.2, 0.25) is 5.91 Å². The van der Waals surface area contributed by atoms with Gasteiger partial charge in [0.25, 0.3) is 0 Å². The molecule has 0 bridgehead atoms. The van der Waals surface area contributed by atoms with Gasteiger partial charge in [-0.25, -0.2) is 0 Å². The van der Waals surface area contributed by atoms with Gasteiger partial charge in [-0.15, -0.1) is 0 Å². The molecule has 0 saturated heterocycles. The van der Waals surface area contributed by atoms with E-state index in [9.17, 15) is 9.90 Å². The van der Waals surface area contributed by atoms with Crippen LogP contribution in [-0.4, -0.2) is 35.1 Å². The molecule has 4 heteroatoms. The summed E-state index contributed by atoms with van der Waals surface area (Å²) in [7, 11) is 1.72. The normalized spacial score (nSPS) is 11.4. The number of aliphatic hydroxyl groups is 1. The Morgan fingerprint density at radius 3 is 2.65 bits per heavy atom. The molecule has 0 fully saturated rings. The van der Waals surface area contributed by atoms with Gasteiger partial charge in [-0.2, -0.15) is 0 Å². The molecule has 0 aliphatic heterocycles. The highest BCUT2D eigenvalue weighted by Crippen LogP contribution is 2.16. The molecule has 1 N–H and O–H groups in total. The fraction of sp³-hybridized carbons (Fsp3) is 0.462. The highest BCUT2D eigenvalue weighted by Gasteiger charge is 2.26. The Morgan fingerprint density at radius 1 is 1.47 bits per heavy atom. The van der Waals surface area contributed by atoms with E-state index in [1.807, 2.05) is 38.1 Å². The van der Waals surface area contributed by atoms with Gasteiger partial charge in [0, 0.05) is 11.5 Å². The number of nitrogens with zero attached hydrogens (tertiary/aromatic N) is 1. The second kappa shape index (κ2) is 5.65. The number of amides is 1. The van der Waals surface area contributed by atoms with Crippen LogP contribution in [0.5, 0.6) is 0 Å². The monoisotopic (exact) mass is 299 g/mol. The lowest BCUT2D eigenvalue weighted by molar-refractivity contribution is -0.135. The lowest BCUT2D eigenvalue weighted by atomic mass is 10.0. The Kier molecular flexibility index (Phi) is 4.71. The largest absolute Gasteiger partial charge is 0.394 e. The van der Waals surface area contributed by atoms with E-state index >= 15 is 0 Å². The van der Waals surface area contributed by atoms with Crippen LogP contribution in [0.2, 0.25) is 0 Å². The molecule has 1 aromatic carbocycles. The maximum atomic E-state index is 12.0. The van der Waals surface area contributed by atoms with Gasteiger partial charge in [-0.3, -0.25) is 4.79 Å². The summed E-state index contributed by atoms with van der Waals surface area (Å²) in [6.07, 6.45) is 0.347. The van der Waals surface area contributed by atoms with Crippen LogP contribution < -0.4 is 0 Å². The summed E-state index contributed by atoms with van der Waals surface area (Å²) in [5, 5.41) is 9.22. The summed E-state index contributed by atoms with van der Waals surface area (Å²) in [5.74, 6) is 0.00199. The van der Waals surface area contributed by atoms with Crippen LogP contribution in [0.15, 0.2) is 28.7 Å². The van der Waals surface area contributed by atoms with Crippen LogP contribution in [0.3, 0.4) is 0 Å². The first-order valence-electron chi connectivity index (χ1n) is 5.49. The summed E-state index contributed by atoms with van der Waals surface area (Å²) < 4.78 is 0.965. The van der Waals surface area contributed by atoms with E-state index in [4.69, 9.17) is 0 Å². The van der Waals surface area contributed by atoms with Crippen LogP contribution in [0.25, 0.3) is 0 Å². The van der Waals surface area contributed by atoms with Gasteiger partial charge in [0.05, 0.1) is 18.6 Å². The van der Waals surface area contributed by atoms with Crippen LogP contribution in [0, 0.1) is 0 Å². The number of carbonyl (C=O) groups excluding carboxylic acids is 1. The SMILES string of the molecule is CN(C(=O)Cc1cccc(Br)c1)C(C)(C)CO. The van der Waals surface area contributed by atoms with E-state index in [2.05, 4.69) is 15.9 Å². The van der Waals surface area contributed by atoms with Crippen molar-refractivity contribution in [1.82, 2.24) is 4.90 Å². The van der Waals surface area contributed by atoms with E-state index in [0.717, 1.165) is 10.0 Å². The van der Waals surface area contributed by atoms with Crippen molar-refractivity contribution in [3.8, 4) is 0 Å². The second-order valence-electron chi connectivity index (χ2n) is 4.73. The second-order valence-corrected chi connectivity index (χ2v) is 5.65. The molecule has 94 valence electrons. The number of halogens is 1. The van der Waals surface area contributed by atoms with Gasteiger partial charge in [-0.1, -0.05) is 28.1 Å². The first-order valence-corrected chi connectivity index (χ1v) is 6.28. The minimum atomic E-state index is -0.525. The molecule has 17 heavy (non-hydrogen) atoms. The zero-order valence-corrected chi connectivity index (χ0v) is 12.0. The topological polar surface area (TPSA) is 40.5 Å². The maximum absolute atomic E-state index is 12.0. The van der Waals surface area contributed by atoms with E-state index in [1.165, 1.54) is 0 Å².